The van der Waals surface area contributed by atoms with Crippen LogP contribution in [0.25, 0.3) is 6.08 Å². The van der Waals surface area contributed by atoms with Gasteiger partial charge in [-0.25, -0.2) is 0 Å². The summed E-state index contributed by atoms with van der Waals surface area (Å²) in [5, 5.41) is 2.85. The minimum atomic E-state index is -0.229. The summed E-state index contributed by atoms with van der Waals surface area (Å²) in [6.45, 7) is 2.22. The summed E-state index contributed by atoms with van der Waals surface area (Å²) in [5.41, 5.74) is 2.58. The van der Waals surface area contributed by atoms with Crippen LogP contribution in [0.1, 0.15) is 16.7 Å². The zero-order valence-electron chi connectivity index (χ0n) is 17.6. The lowest BCUT2D eigenvalue weighted by atomic mass is 10.1. The van der Waals surface area contributed by atoms with E-state index in [2.05, 4.69) is 5.32 Å². The first-order valence-corrected chi connectivity index (χ1v) is 8.95. The Kier molecular flexibility index (Phi) is 7.77. The van der Waals surface area contributed by atoms with E-state index in [4.69, 9.17) is 23.7 Å². The van der Waals surface area contributed by atoms with Crippen LogP contribution in [0, 0.1) is 6.92 Å². The summed E-state index contributed by atoms with van der Waals surface area (Å²) in [7, 11) is 7.82. The number of amides is 1. The molecule has 0 bridgehead atoms. The molecule has 2 aromatic rings. The Bertz CT molecular complexity index is 866. The predicted molar refractivity (Wildman–Crippen MR) is 111 cm³/mol. The minimum absolute atomic E-state index is 0.229. The van der Waals surface area contributed by atoms with Crippen molar-refractivity contribution in [3.05, 3.63) is 47.0 Å². The molecule has 0 saturated heterocycles. The number of nitrogens with one attached hydrogen (secondary N) is 1. The topological polar surface area (TPSA) is 75.3 Å². The van der Waals surface area contributed by atoms with Crippen LogP contribution in [0.2, 0.25) is 0 Å². The number of hydrogen-bond donors (Lipinski definition) is 1. The zero-order valence-corrected chi connectivity index (χ0v) is 17.6. The van der Waals surface area contributed by atoms with Crippen molar-refractivity contribution in [1.82, 2.24) is 5.32 Å². The Labute approximate surface area is 171 Å². The smallest absolute Gasteiger partial charge is 0.244 e. The Morgan fingerprint density at radius 2 is 1.45 bits per heavy atom. The second-order valence-electron chi connectivity index (χ2n) is 6.10. The Morgan fingerprint density at radius 3 is 1.97 bits per heavy atom. The van der Waals surface area contributed by atoms with Crippen LogP contribution in [0.15, 0.2) is 30.3 Å². The molecule has 7 heteroatoms. The summed E-state index contributed by atoms with van der Waals surface area (Å²) in [4.78, 5) is 12.3. The Morgan fingerprint density at radius 1 is 0.862 bits per heavy atom. The van der Waals surface area contributed by atoms with Crippen molar-refractivity contribution in [2.24, 2.45) is 0 Å². The maximum Gasteiger partial charge on any atom is 0.244 e. The molecule has 0 spiro atoms. The van der Waals surface area contributed by atoms with Gasteiger partial charge in [-0.2, -0.15) is 0 Å². The highest BCUT2D eigenvalue weighted by Gasteiger charge is 2.13. The van der Waals surface area contributed by atoms with Crippen LogP contribution in [-0.2, 0) is 11.3 Å². The molecule has 2 rings (SSSR count). The Balaban J connectivity index is 2.11. The van der Waals surface area contributed by atoms with Crippen molar-refractivity contribution in [2.75, 3.05) is 35.5 Å². The van der Waals surface area contributed by atoms with Gasteiger partial charge in [-0.05, 0) is 42.3 Å². The highest BCUT2D eigenvalue weighted by molar-refractivity contribution is 5.92. The average molecular weight is 401 g/mol. The molecule has 0 radical (unpaired) electrons. The predicted octanol–water partition coefficient (Wildman–Crippen LogP) is 3.37. The van der Waals surface area contributed by atoms with Gasteiger partial charge < -0.3 is 29.0 Å². The lowest BCUT2D eigenvalue weighted by Crippen LogP contribution is -2.20. The summed E-state index contributed by atoms with van der Waals surface area (Å²) < 4.78 is 26.6. The van der Waals surface area contributed by atoms with Gasteiger partial charge >= 0.3 is 0 Å². The summed E-state index contributed by atoms with van der Waals surface area (Å²) in [5.74, 6) is 2.64. The van der Waals surface area contributed by atoms with E-state index in [0.29, 0.717) is 35.3 Å². The third-order valence-corrected chi connectivity index (χ3v) is 4.44. The number of ether oxygens (including phenoxy) is 5. The molecule has 29 heavy (non-hydrogen) atoms. The van der Waals surface area contributed by atoms with Crippen molar-refractivity contribution in [3.8, 4) is 28.7 Å². The lowest BCUT2D eigenvalue weighted by Gasteiger charge is -2.14. The molecular weight excluding hydrogens is 374 g/mol. The fraction of sp³-hybridized carbons (Fsp3) is 0.318. The van der Waals surface area contributed by atoms with Gasteiger partial charge in [0, 0.05) is 18.2 Å². The van der Waals surface area contributed by atoms with Gasteiger partial charge in [0.15, 0.2) is 23.0 Å². The van der Waals surface area contributed by atoms with Gasteiger partial charge in [0.25, 0.3) is 0 Å². The van der Waals surface area contributed by atoms with Gasteiger partial charge in [0.1, 0.15) is 0 Å². The fourth-order valence-electron chi connectivity index (χ4n) is 2.93. The highest BCUT2D eigenvalue weighted by Crippen LogP contribution is 2.38. The van der Waals surface area contributed by atoms with Crippen LogP contribution in [-0.4, -0.2) is 41.5 Å². The van der Waals surface area contributed by atoms with Crippen LogP contribution >= 0.6 is 0 Å². The molecule has 0 saturated carbocycles. The van der Waals surface area contributed by atoms with E-state index < -0.39 is 0 Å². The monoisotopic (exact) mass is 401 g/mol. The van der Waals surface area contributed by atoms with Gasteiger partial charge in [-0.15, -0.1) is 0 Å². The van der Waals surface area contributed by atoms with Crippen LogP contribution < -0.4 is 29.0 Å². The van der Waals surface area contributed by atoms with Gasteiger partial charge in [0.05, 0.1) is 35.5 Å². The molecule has 0 aromatic heterocycles. The van der Waals surface area contributed by atoms with Gasteiger partial charge in [-0.1, -0.05) is 6.07 Å². The van der Waals surface area contributed by atoms with Crippen molar-refractivity contribution in [3.63, 3.8) is 0 Å². The quantitative estimate of drug-likeness (QED) is 0.650. The summed E-state index contributed by atoms with van der Waals surface area (Å²) in [6.07, 6.45) is 3.22. The molecule has 156 valence electrons. The van der Waals surface area contributed by atoms with Crippen molar-refractivity contribution in [1.29, 1.82) is 0 Å². The SMILES string of the molecule is COc1cc(CNC(=O)/C=C/c2ccc(OC)c(OC)c2C)cc(OC)c1OC. The number of carbonyl (C=O) groups is 1. The zero-order chi connectivity index (χ0) is 21.4. The summed E-state index contributed by atoms with van der Waals surface area (Å²) in [6, 6.07) is 7.27. The molecule has 0 atom stereocenters. The molecule has 0 aliphatic rings. The fourth-order valence-corrected chi connectivity index (χ4v) is 2.93. The molecule has 1 amide bonds. The van der Waals surface area contributed by atoms with Crippen molar-refractivity contribution < 1.29 is 28.5 Å². The van der Waals surface area contributed by atoms with E-state index in [1.165, 1.54) is 6.08 Å². The molecule has 0 heterocycles. The molecule has 0 aliphatic carbocycles. The molecule has 7 nitrogen and oxygen atoms in total. The molecule has 0 unspecified atom stereocenters. The highest BCUT2D eigenvalue weighted by atomic mass is 16.5. The number of methoxy groups -OCH3 is 5. The van der Waals surface area contributed by atoms with E-state index in [-0.39, 0.29) is 5.91 Å². The first-order valence-electron chi connectivity index (χ1n) is 8.95. The maximum atomic E-state index is 12.3. The van der Waals surface area contributed by atoms with E-state index in [1.807, 2.05) is 13.0 Å². The lowest BCUT2D eigenvalue weighted by molar-refractivity contribution is -0.116. The van der Waals surface area contributed by atoms with Crippen LogP contribution in [0.3, 0.4) is 0 Å². The van der Waals surface area contributed by atoms with Crippen molar-refractivity contribution in [2.45, 2.75) is 13.5 Å². The van der Waals surface area contributed by atoms with E-state index in [1.54, 1.807) is 59.8 Å². The molecule has 1 N–H and O–H groups in total. The standard InChI is InChI=1S/C22H27NO6/c1-14-16(7-9-17(25-2)21(14)28-5)8-10-20(24)23-13-15-11-18(26-3)22(29-6)19(12-15)27-4/h7-12H,13H2,1-6H3,(H,23,24)/b10-8+. The number of carbonyl (C=O) groups excluding carboxylic acids is 1. The normalized spacial score (nSPS) is 10.6. The van der Waals surface area contributed by atoms with Crippen molar-refractivity contribution >= 4 is 12.0 Å². The summed E-state index contributed by atoms with van der Waals surface area (Å²) >= 11 is 0. The number of hydrogen-bond acceptors (Lipinski definition) is 6. The third kappa shape index (κ3) is 5.13. The molecule has 2 aromatic carbocycles. The maximum absolute atomic E-state index is 12.3. The first kappa shape index (κ1) is 21.9. The molecule has 0 aliphatic heterocycles. The van der Waals surface area contributed by atoms with E-state index >= 15 is 0 Å². The Hall–Kier alpha value is -3.35. The largest absolute Gasteiger partial charge is 0.493 e. The van der Waals surface area contributed by atoms with Crippen LogP contribution in [0.4, 0.5) is 0 Å². The van der Waals surface area contributed by atoms with E-state index in [9.17, 15) is 4.79 Å². The second kappa shape index (κ2) is 10.3. The molecular formula is C22H27NO6. The van der Waals surface area contributed by atoms with E-state index in [0.717, 1.165) is 16.7 Å². The second-order valence-corrected chi connectivity index (χ2v) is 6.10. The third-order valence-electron chi connectivity index (χ3n) is 4.44. The molecule has 0 fully saturated rings. The van der Waals surface area contributed by atoms with Crippen LogP contribution in [0.5, 0.6) is 28.7 Å². The van der Waals surface area contributed by atoms with Gasteiger partial charge in [-0.3, -0.25) is 4.79 Å². The number of benzene rings is 2. The van der Waals surface area contributed by atoms with Gasteiger partial charge in [0.2, 0.25) is 11.7 Å². The first-order chi connectivity index (χ1) is 14.0. The number of rotatable bonds is 9. The average Bonchev–Trinajstić information content (AvgIpc) is 2.75. The minimum Gasteiger partial charge on any atom is -0.493 e.